The molecule has 8 nitrogen and oxygen atoms in total. The topological polar surface area (TPSA) is 101 Å². The molecule has 1 N–H and O–H groups in total. The number of carboxylic acid groups (broad SMARTS) is 1. The highest BCUT2D eigenvalue weighted by molar-refractivity contribution is 5.93. The molecule has 0 spiro atoms. The van der Waals surface area contributed by atoms with E-state index in [1.54, 1.807) is 14.0 Å². The molecule has 0 radical (unpaired) electrons. The number of amides is 1. The van der Waals surface area contributed by atoms with Crippen molar-refractivity contribution in [3.05, 3.63) is 65.1 Å². The van der Waals surface area contributed by atoms with Crippen molar-refractivity contribution in [2.24, 2.45) is 0 Å². The number of nitrogens with zero attached hydrogens (tertiary/aromatic N) is 4. The smallest absolute Gasteiger partial charge is 0.371 e. The van der Waals surface area contributed by atoms with Gasteiger partial charge in [0, 0.05) is 7.05 Å². The first-order chi connectivity index (χ1) is 12.4. The van der Waals surface area contributed by atoms with Crippen molar-refractivity contribution in [2.75, 3.05) is 7.05 Å². The minimum absolute atomic E-state index is 0.0783. The van der Waals surface area contributed by atoms with Crippen LogP contribution < -0.4 is 0 Å². The van der Waals surface area contributed by atoms with Gasteiger partial charge >= 0.3 is 5.97 Å². The molecule has 0 unspecified atom stereocenters. The van der Waals surface area contributed by atoms with Gasteiger partial charge in [0.1, 0.15) is 11.6 Å². The molecule has 2 heterocycles. The van der Waals surface area contributed by atoms with E-state index in [4.69, 9.17) is 9.52 Å². The van der Waals surface area contributed by atoms with E-state index in [1.165, 1.54) is 46.0 Å². The number of furan rings is 1. The summed E-state index contributed by atoms with van der Waals surface area (Å²) in [5, 5.41) is 16.7. The largest absolute Gasteiger partial charge is 0.475 e. The fourth-order valence-corrected chi connectivity index (χ4v) is 2.42. The Bertz CT molecular complexity index is 962. The van der Waals surface area contributed by atoms with E-state index in [1.807, 2.05) is 0 Å². The first-order valence-electron chi connectivity index (χ1n) is 7.62. The van der Waals surface area contributed by atoms with Gasteiger partial charge in [-0.05, 0) is 43.3 Å². The second kappa shape index (κ2) is 6.79. The number of benzene rings is 1. The van der Waals surface area contributed by atoms with Crippen LogP contribution in [0.25, 0.3) is 5.69 Å². The molecule has 0 saturated heterocycles. The third kappa shape index (κ3) is 3.32. The number of rotatable bonds is 5. The molecule has 0 aliphatic rings. The van der Waals surface area contributed by atoms with Crippen LogP contribution in [-0.4, -0.2) is 43.9 Å². The maximum Gasteiger partial charge on any atom is 0.371 e. The normalized spacial score (nSPS) is 10.7. The van der Waals surface area contributed by atoms with Crippen LogP contribution in [0.2, 0.25) is 0 Å². The van der Waals surface area contributed by atoms with Crippen LogP contribution in [0, 0.1) is 12.7 Å². The molecule has 2 aromatic heterocycles. The summed E-state index contributed by atoms with van der Waals surface area (Å²) in [4.78, 5) is 24.8. The van der Waals surface area contributed by atoms with Crippen molar-refractivity contribution in [1.29, 1.82) is 0 Å². The second-order valence-corrected chi connectivity index (χ2v) is 5.64. The second-order valence-electron chi connectivity index (χ2n) is 5.64. The standard InChI is InChI=1S/C17H15FN4O4/c1-10-15(19-20-22(10)12-5-3-11(18)4-6-12)16(23)21(2)9-13-7-8-14(26-13)17(24)25/h3-8H,9H2,1-2H3,(H,24,25). The molecule has 0 atom stereocenters. The van der Waals surface area contributed by atoms with E-state index in [0.29, 0.717) is 17.1 Å². The zero-order valence-electron chi connectivity index (χ0n) is 14.0. The number of hydrogen-bond donors (Lipinski definition) is 1. The van der Waals surface area contributed by atoms with Gasteiger partial charge in [0.15, 0.2) is 5.69 Å². The quantitative estimate of drug-likeness (QED) is 0.751. The Morgan fingerprint density at radius 1 is 1.23 bits per heavy atom. The summed E-state index contributed by atoms with van der Waals surface area (Å²) in [6.07, 6.45) is 0. The number of aromatic carboxylic acids is 1. The van der Waals surface area contributed by atoms with Gasteiger partial charge in [-0.15, -0.1) is 5.10 Å². The maximum absolute atomic E-state index is 13.0. The van der Waals surface area contributed by atoms with Gasteiger partial charge in [-0.25, -0.2) is 13.9 Å². The van der Waals surface area contributed by atoms with Crippen molar-refractivity contribution in [2.45, 2.75) is 13.5 Å². The molecule has 9 heteroatoms. The molecule has 134 valence electrons. The number of carbonyl (C=O) groups is 2. The van der Waals surface area contributed by atoms with E-state index in [2.05, 4.69) is 10.3 Å². The van der Waals surface area contributed by atoms with Crippen LogP contribution in [-0.2, 0) is 6.54 Å². The minimum atomic E-state index is -1.18. The Kier molecular flexibility index (Phi) is 4.53. The Morgan fingerprint density at radius 3 is 2.54 bits per heavy atom. The van der Waals surface area contributed by atoms with Crippen molar-refractivity contribution >= 4 is 11.9 Å². The van der Waals surface area contributed by atoms with E-state index >= 15 is 0 Å². The van der Waals surface area contributed by atoms with Crippen LogP contribution in [0.3, 0.4) is 0 Å². The number of hydrogen-bond acceptors (Lipinski definition) is 5. The summed E-state index contributed by atoms with van der Waals surface area (Å²) in [6, 6.07) is 8.47. The monoisotopic (exact) mass is 358 g/mol. The third-order valence-electron chi connectivity index (χ3n) is 3.78. The predicted octanol–water partition coefficient (Wildman–Crippen LogP) is 2.28. The molecule has 0 aliphatic carbocycles. The van der Waals surface area contributed by atoms with Crippen molar-refractivity contribution in [3.8, 4) is 5.69 Å². The van der Waals surface area contributed by atoms with Crippen molar-refractivity contribution in [1.82, 2.24) is 19.9 Å². The van der Waals surface area contributed by atoms with Gasteiger partial charge in [-0.3, -0.25) is 4.79 Å². The third-order valence-corrected chi connectivity index (χ3v) is 3.78. The van der Waals surface area contributed by atoms with Gasteiger partial charge in [0.05, 0.1) is 17.9 Å². The van der Waals surface area contributed by atoms with E-state index in [9.17, 15) is 14.0 Å². The van der Waals surface area contributed by atoms with E-state index in [-0.39, 0.29) is 23.8 Å². The highest BCUT2D eigenvalue weighted by Crippen LogP contribution is 2.16. The summed E-state index contributed by atoms with van der Waals surface area (Å²) in [5.41, 5.74) is 1.22. The maximum atomic E-state index is 13.0. The summed E-state index contributed by atoms with van der Waals surface area (Å²) in [7, 11) is 1.54. The lowest BCUT2D eigenvalue weighted by atomic mass is 10.2. The Balaban J connectivity index is 1.78. The fourth-order valence-electron chi connectivity index (χ4n) is 2.42. The summed E-state index contributed by atoms with van der Waals surface area (Å²) in [5.74, 6) is -1.81. The first-order valence-corrected chi connectivity index (χ1v) is 7.62. The summed E-state index contributed by atoms with van der Waals surface area (Å²) < 4.78 is 19.6. The zero-order chi connectivity index (χ0) is 18.8. The molecule has 1 aromatic carbocycles. The van der Waals surface area contributed by atoms with Gasteiger partial charge in [0.2, 0.25) is 5.76 Å². The fraction of sp³-hybridized carbons (Fsp3) is 0.176. The average molecular weight is 358 g/mol. The number of aromatic nitrogens is 3. The molecule has 0 aliphatic heterocycles. The number of halogens is 1. The van der Waals surface area contributed by atoms with Gasteiger partial charge in [-0.2, -0.15) is 0 Å². The lowest BCUT2D eigenvalue weighted by Gasteiger charge is -2.14. The zero-order valence-corrected chi connectivity index (χ0v) is 14.0. The van der Waals surface area contributed by atoms with E-state index in [0.717, 1.165) is 0 Å². The molecule has 0 saturated carbocycles. The molecule has 1 amide bonds. The molecule has 3 aromatic rings. The molecule has 0 fully saturated rings. The molecule has 0 bridgehead atoms. The van der Waals surface area contributed by atoms with Gasteiger partial charge in [0.25, 0.3) is 5.91 Å². The van der Waals surface area contributed by atoms with Crippen molar-refractivity contribution in [3.63, 3.8) is 0 Å². The summed E-state index contributed by atoms with van der Waals surface area (Å²) in [6.45, 7) is 1.76. The molecular formula is C17H15FN4O4. The van der Waals surface area contributed by atoms with Crippen molar-refractivity contribution < 1.29 is 23.5 Å². The van der Waals surface area contributed by atoms with Gasteiger partial charge < -0.3 is 14.4 Å². The predicted molar refractivity (Wildman–Crippen MR) is 87.5 cm³/mol. The van der Waals surface area contributed by atoms with Crippen LogP contribution in [0.1, 0.15) is 32.5 Å². The van der Waals surface area contributed by atoms with Crippen LogP contribution in [0.4, 0.5) is 4.39 Å². The lowest BCUT2D eigenvalue weighted by Crippen LogP contribution is -2.27. The van der Waals surface area contributed by atoms with Crippen LogP contribution >= 0.6 is 0 Å². The number of carbonyl (C=O) groups excluding carboxylic acids is 1. The Labute approximate surface area is 147 Å². The van der Waals surface area contributed by atoms with Gasteiger partial charge in [-0.1, -0.05) is 5.21 Å². The molecule has 3 rings (SSSR count). The number of carboxylic acids is 1. The highest BCUT2D eigenvalue weighted by atomic mass is 19.1. The first kappa shape index (κ1) is 17.3. The molecular weight excluding hydrogens is 343 g/mol. The SMILES string of the molecule is Cc1c(C(=O)N(C)Cc2ccc(C(=O)O)o2)nnn1-c1ccc(F)cc1. The Morgan fingerprint density at radius 2 is 1.92 bits per heavy atom. The summed E-state index contributed by atoms with van der Waals surface area (Å²) >= 11 is 0. The van der Waals surface area contributed by atoms with Crippen LogP contribution in [0.15, 0.2) is 40.8 Å². The molecule has 26 heavy (non-hydrogen) atoms. The van der Waals surface area contributed by atoms with E-state index < -0.39 is 11.9 Å². The lowest BCUT2D eigenvalue weighted by molar-refractivity contribution is 0.0658. The Hall–Kier alpha value is -3.49. The highest BCUT2D eigenvalue weighted by Gasteiger charge is 2.22. The van der Waals surface area contributed by atoms with Crippen LogP contribution in [0.5, 0.6) is 0 Å². The average Bonchev–Trinajstić information content (AvgIpc) is 3.22. The minimum Gasteiger partial charge on any atom is -0.475 e.